The summed E-state index contributed by atoms with van der Waals surface area (Å²) in [7, 11) is -3.57. The molecule has 0 aliphatic carbocycles. The zero-order chi connectivity index (χ0) is 16.6. The molecule has 1 N–H and O–H groups in total. The molecule has 1 aliphatic rings. The van der Waals surface area contributed by atoms with Crippen LogP contribution in [0.3, 0.4) is 0 Å². The normalized spacial score (nSPS) is 15.1. The first-order chi connectivity index (χ1) is 11.6. The molecule has 0 bridgehead atoms. The Hall–Kier alpha value is -2.12. The second-order valence-electron chi connectivity index (χ2n) is 5.79. The van der Waals surface area contributed by atoms with Crippen LogP contribution in [0.2, 0.25) is 0 Å². The maximum atomic E-state index is 12.4. The van der Waals surface area contributed by atoms with Crippen molar-refractivity contribution in [3.05, 3.63) is 48.5 Å². The minimum Gasteiger partial charge on any atom is -0.348 e. The van der Waals surface area contributed by atoms with E-state index in [-0.39, 0.29) is 4.90 Å². The van der Waals surface area contributed by atoms with E-state index >= 15 is 0 Å². The number of benzene rings is 2. The highest BCUT2D eigenvalue weighted by Gasteiger charge is 2.17. The van der Waals surface area contributed by atoms with Crippen LogP contribution in [0.15, 0.2) is 53.4 Å². The highest BCUT2D eigenvalue weighted by Crippen LogP contribution is 2.32. The number of nitrogens with one attached hydrogen (secondary N) is 1. The highest BCUT2D eigenvalue weighted by molar-refractivity contribution is 7.92. The summed E-state index contributed by atoms with van der Waals surface area (Å²) in [5.41, 5.74) is 1.47. The fourth-order valence-corrected chi connectivity index (χ4v) is 4.96. The van der Waals surface area contributed by atoms with E-state index in [0.717, 1.165) is 28.4 Å². The number of fused-ring (bicyclic) bond motifs is 1. The monoisotopic (exact) mass is 359 g/mol. The zero-order valence-corrected chi connectivity index (χ0v) is 14.6. The number of sulfonamides is 1. The van der Waals surface area contributed by atoms with Crippen molar-refractivity contribution in [2.75, 3.05) is 22.7 Å². The summed E-state index contributed by atoms with van der Waals surface area (Å²) in [6, 6.07) is 13.9. The molecule has 1 aliphatic heterocycles. The third-order valence-electron chi connectivity index (χ3n) is 4.06. The predicted molar refractivity (Wildman–Crippen MR) is 98.3 cm³/mol. The van der Waals surface area contributed by atoms with E-state index in [1.807, 2.05) is 12.1 Å². The Morgan fingerprint density at radius 2 is 1.79 bits per heavy atom. The molecule has 1 aromatic heterocycles. The smallest absolute Gasteiger partial charge is 0.261 e. The maximum absolute atomic E-state index is 12.4. The molecule has 0 spiro atoms. The van der Waals surface area contributed by atoms with E-state index in [1.54, 1.807) is 47.7 Å². The van der Waals surface area contributed by atoms with Crippen LogP contribution in [0.4, 0.5) is 10.8 Å². The number of aromatic nitrogens is 1. The van der Waals surface area contributed by atoms with Crippen LogP contribution in [-0.4, -0.2) is 26.5 Å². The molecule has 5 nitrogen and oxygen atoms in total. The lowest BCUT2D eigenvalue weighted by atomic mass is 10.3. The van der Waals surface area contributed by atoms with Crippen LogP contribution in [0.5, 0.6) is 0 Å². The van der Waals surface area contributed by atoms with Crippen LogP contribution >= 0.6 is 11.3 Å². The number of hydrogen-bond acceptors (Lipinski definition) is 5. The average Bonchev–Trinajstić information content (AvgIpc) is 3.24. The summed E-state index contributed by atoms with van der Waals surface area (Å²) in [6.45, 7) is 2.10. The van der Waals surface area contributed by atoms with Gasteiger partial charge in [-0.2, -0.15) is 0 Å². The van der Waals surface area contributed by atoms with Gasteiger partial charge in [0, 0.05) is 13.1 Å². The van der Waals surface area contributed by atoms with Gasteiger partial charge < -0.3 is 4.90 Å². The average molecular weight is 359 g/mol. The SMILES string of the molecule is O=S(=O)(Nc1ccc2nc(N3CCCC3)sc2c1)c1ccccc1. The van der Waals surface area contributed by atoms with Crippen molar-refractivity contribution in [1.29, 1.82) is 0 Å². The van der Waals surface area contributed by atoms with Gasteiger partial charge in [-0.05, 0) is 43.2 Å². The number of anilines is 2. The lowest BCUT2D eigenvalue weighted by Gasteiger charge is -2.11. The van der Waals surface area contributed by atoms with Gasteiger partial charge in [-0.1, -0.05) is 29.5 Å². The highest BCUT2D eigenvalue weighted by atomic mass is 32.2. The Kier molecular flexibility index (Phi) is 3.90. The number of hydrogen-bond donors (Lipinski definition) is 1. The van der Waals surface area contributed by atoms with Crippen molar-refractivity contribution in [3.63, 3.8) is 0 Å². The van der Waals surface area contributed by atoms with Crippen LogP contribution in [-0.2, 0) is 10.0 Å². The van der Waals surface area contributed by atoms with Crippen LogP contribution in [0.1, 0.15) is 12.8 Å². The molecule has 0 saturated carbocycles. The summed E-state index contributed by atoms with van der Waals surface area (Å²) in [4.78, 5) is 7.20. The fraction of sp³-hybridized carbons (Fsp3) is 0.235. The molecule has 1 fully saturated rings. The molecular weight excluding hydrogens is 342 g/mol. The lowest BCUT2D eigenvalue weighted by Crippen LogP contribution is -2.16. The summed E-state index contributed by atoms with van der Waals surface area (Å²) in [6.07, 6.45) is 2.41. The van der Waals surface area contributed by atoms with E-state index in [0.29, 0.717) is 5.69 Å². The molecule has 0 amide bonds. The molecule has 24 heavy (non-hydrogen) atoms. The number of rotatable bonds is 4. The van der Waals surface area contributed by atoms with Crippen molar-refractivity contribution < 1.29 is 8.42 Å². The van der Waals surface area contributed by atoms with Gasteiger partial charge in [-0.25, -0.2) is 13.4 Å². The Morgan fingerprint density at radius 1 is 1.04 bits per heavy atom. The first-order valence-electron chi connectivity index (χ1n) is 7.85. The summed E-state index contributed by atoms with van der Waals surface area (Å²) < 4.78 is 28.5. The van der Waals surface area contributed by atoms with Gasteiger partial charge >= 0.3 is 0 Å². The largest absolute Gasteiger partial charge is 0.348 e. The second kappa shape index (κ2) is 6.07. The molecule has 4 rings (SSSR count). The maximum Gasteiger partial charge on any atom is 0.261 e. The van der Waals surface area contributed by atoms with Crippen molar-refractivity contribution in [2.45, 2.75) is 17.7 Å². The van der Waals surface area contributed by atoms with Crippen molar-refractivity contribution in [1.82, 2.24) is 4.98 Å². The predicted octanol–water partition coefficient (Wildman–Crippen LogP) is 3.70. The molecule has 0 radical (unpaired) electrons. The minimum atomic E-state index is -3.57. The molecule has 0 unspecified atom stereocenters. The zero-order valence-electron chi connectivity index (χ0n) is 13.0. The Bertz CT molecular complexity index is 962. The second-order valence-corrected chi connectivity index (χ2v) is 8.48. The van der Waals surface area contributed by atoms with Gasteiger partial charge in [0.15, 0.2) is 5.13 Å². The standard InChI is InChI=1S/C17H17N3O2S2/c21-24(22,14-6-2-1-3-7-14)19-13-8-9-15-16(12-13)23-17(18-15)20-10-4-5-11-20/h1-3,6-9,12,19H,4-5,10-11H2. The van der Waals surface area contributed by atoms with Gasteiger partial charge in [-0.15, -0.1) is 0 Å². The Labute approximate surface area is 145 Å². The Balaban J connectivity index is 1.63. The van der Waals surface area contributed by atoms with Gasteiger partial charge in [-0.3, -0.25) is 4.72 Å². The minimum absolute atomic E-state index is 0.257. The third-order valence-corrected chi connectivity index (χ3v) is 6.54. The third kappa shape index (κ3) is 2.97. The van der Waals surface area contributed by atoms with Crippen molar-refractivity contribution in [3.8, 4) is 0 Å². The molecule has 2 heterocycles. The van der Waals surface area contributed by atoms with Crippen LogP contribution < -0.4 is 9.62 Å². The van der Waals surface area contributed by atoms with E-state index in [9.17, 15) is 8.42 Å². The topological polar surface area (TPSA) is 62.3 Å². The molecule has 0 atom stereocenters. The molecule has 2 aromatic carbocycles. The lowest BCUT2D eigenvalue weighted by molar-refractivity contribution is 0.601. The van der Waals surface area contributed by atoms with Gasteiger partial charge in [0.25, 0.3) is 10.0 Å². The van der Waals surface area contributed by atoms with Crippen LogP contribution in [0, 0.1) is 0 Å². The fourth-order valence-electron chi connectivity index (χ4n) is 2.83. The first-order valence-corrected chi connectivity index (χ1v) is 10.2. The van der Waals surface area contributed by atoms with E-state index in [2.05, 4.69) is 14.6 Å². The summed E-state index contributed by atoms with van der Waals surface area (Å²) in [5.74, 6) is 0. The molecule has 1 saturated heterocycles. The number of thiazole rings is 1. The number of nitrogens with zero attached hydrogens (tertiary/aromatic N) is 2. The molecule has 124 valence electrons. The van der Waals surface area contributed by atoms with E-state index in [4.69, 9.17) is 0 Å². The van der Waals surface area contributed by atoms with Crippen molar-refractivity contribution >= 4 is 42.4 Å². The van der Waals surface area contributed by atoms with E-state index < -0.39 is 10.0 Å². The van der Waals surface area contributed by atoms with Gasteiger partial charge in [0.2, 0.25) is 0 Å². The van der Waals surface area contributed by atoms with Crippen molar-refractivity contribution in [2.24, 2.45) is 0 Å². The molecule has 3 aromatic rings. The van der Waals surface area contributed by atoms with Gasteiger partial charge in [0.1, 0.15) is 0 Å². The van der Waals surface area contributed by atoms with E-state index in [1.165, 1.54) is 12.8 Å². The first kappa shape index (κ1) is 15.4. The van der Waals surface area contributed by atoms with Crippen LogP contribution in [0.25, 0.3) is 10.2 Å². The van der Waals surface area contributed by atoms with Gasteiger partial charge in [0.05, 0.1) is 20.8 Å². The Morgan fingerprint density at radius 3 is 2.54 bits per heavy atom. The molecule has 7 heteroatoms. The summed E-state index contributed by atoms with van der Waals surface area (Å²) >= 11 is 1.61. The summed E-state index contributed by atoms with van der Waals surface area (Å²) in [5, 5.41) is 1.02. The quantitative estimate of drug-likeness (QED) is 0.771. The molecular formula is C17H17N3O2S2.